The number of hydrogen-bond acceptors (Lipinski definition) is 6. The van der Waals surface area contributed by atoms with E-state index in [0.29, 0.717) is 38.6 Å². The van der Waals surface area contributed by atoms with Crippen LogP contribution in [0, 0.1) is 11.8 Å². The Balaban J connectivity index is -0.000000322. The van der Waals surface area contributed by atoms with Crippen molar-refractivity contribution < 1.29 is 28.6 Å². The number of ether oxygens (including phenoxy) is 3. The molecule has 0 spiro atoms. The summed E-state index contributed by atoms with van der Waals surface area (Å²) >= 11 is 0. The van der Waals surface area contributed by atoms with Gasteiger partial charge < -0.3 is 14.2 Å². The molecule has 0 amide bonds. The fourth-order valence-corrected chi connectivity index (χ4v) is 1.61. The van der Waals surface area contributed by atoms with Crippen LogP contribution in [0.3, 0.4) is 0 Å². The van der Waals surface area contributed by atoms with Crippen LogP contribution in [0.2, 0.25) is 0 Å². The lowest BCUT2D eigenvalue weighted by Gasteiger charge is -2.02. The first-order valence-electron chi connectivity index (χ1n) is 10.1. The fourth-order valence-electron chi connectivity index (χ4n) is 1.61. The number of rotatable bonds is 10. The van der Waals surface area contributed by atoms with Gasteiger partial charge in [0.1, 0.15) is 0 Å². The van der Waals surface area contributed by atoms with E-state index in [1.54, 1.807) is 6.92 Å². The maximum absolute atomic E-state index is 10.7. The molecule has 0 saturated carbocycles. The molecule has 0 rings (SSSR count). The normalized spacial score (nSPS) is 9.56. The molecule has 0 heterocycles. The van der Waals surface area contributed by atoms with E-state index in [2.05, 4.69) is 11.7 Å². The third kappa shape index (κ3) is 29.4. The minimum absolute atomic E-state index is 0.00921. The molecule has 0 N–H and O–H groups in total. The van der Waals surface area contributed by atoms with Gasteiger partial charge in [-0.05, 0) is 33.1 Å². The van der Waals surface area contributed by atoms with Crippen LogP contribution in [0.25, 0.3) is 0 Å². The summed E-state index contributed by atoms with van der Waals surface area (Å²) in [4.78, 5) is 31.8. The molecule has 0 aromatic heterocycles. The van der Waals surface area contributed by atoms with E-state index in [1.165, 1.54) is 0 Å². The maximum atomic E-state index is 10.7. The van der Waals surface area contributed by atoms with E-state index in [0.717, 1.165) is 19.3 Å². The predicted octanol–water partition coefficient (Wildman–Crippen LogP) is 4.93. The van der Waals surface area contributed by atoms with Crippen LogP contribution in [-0.2, 0) is 28.6 Å². The van der Waals surface area contributed by atoms with Gasteiger partial charge in [-0.15, -0.1) is 0 Å². The standard InChI is InChI=1S/C8H16O2.C7H14O2.C6H12O2/c1-3-5-6-7-8(9)10-4-2;1-4-9-7(8)5-6(2)3;1-4-8-6(7)5(2)3/h3-7H2,1-2H3;6H,4-5H2,1-3H3;5H,4H2,1-3H3. The molecule has 0 saturated heterocycles. The Morgan fingerprint density at radius 1 is 0.704 bits per heavy atom. The van der Waals surface area contributed by atoms with Gasteiger partial charge in [-0.2, -0.15) is 0 Å². The lowest BCUT2D eigenvalue weighted by molar-refractivity contribution is -0.147. The molecular formula is C21H42O6. The maximum Gasteiger partial charge on any atom is 0.308 e. The summed E-state index contributed by atoms with van der Waals surface area (Å²) in [5, 5.41) is 0. The van der Waals surface area contributed by atoms with Gasteiger partial charge in [-0.25, -0.2) is 0 Å². The monoisotopic (exact) mass is 390 g/mol. The van der Waals surface area contributed by atoms with E-state index in [-0.39, 0.29) is 23.8 Å². The Labute approximate surface area is 166 Å². The van der Waals surface area contributed by atoms with Gasteiger partial charge in [0, 0.05) is 12.8 Å². The quantitative estimate of drug-likeness (QED) is 0.299. The van der Waals surface area contributed by atoms with Gasteiger partial charge in [-0.3, -0.25) is 14.4 Å². The summed E-state index contributed by atoms with van der Waals surface area (Å²) in [5.41, 5.74) is 0. The minimum atomic E-state index is -0.118. The highest BCUT2D eigenvalue weighted by Crippen LogP contribution is 2.00. The van der Waals surface area contributed by atoms with Crippen molar-refractivity contribution in [3.05, 3.63) is 0 Å². The number of carbonyl (C=O) groups is 3. The summed E-state index contributed by atoms with van der Waals surface area (Å²) in [6.07, 6.45) is 4.36. The molecule has 0 aliphatic heterocycles. The van der Waals surface area contributed by atoms with Crippen molar-refractivity contribution in [3.63, 3.8) is 0 Å². The Hall–Kier alpha value is -1.59. The summed E-state index contributed by atoms with van der Waals surface area (Å²) in [7, 11) is 0. The SMILES string of the molecule is CCCCCC(=O)OCC.CCOC(=O)C(C)C.CCOC(=O)CC(C)C. The zero-order chi connectivity index (χ0) is 21.7. The Morgan fingerprint density at radius 3 is 1.52 bits per heavy atom. The third-order valence-electron chi connectivity index (χ3n) is 2.93. The van der Waals surface area contributed by atoms with Gasteiger partial charge in [0.25, 0.3) is 0 Å². The average Bonchev–Trinajstić information content (AvgIpc) is 2.56. The zero-order valence-corrected chi connectivity index (χ0v) is 18.8. The van der Waals surface area contributed by atoms with Crippen LogP contribution in [0.1, 0.15) is 87.5 Å². The first-order chi connectivity index (χ1) is 12.7. The predicted molar refractivity (Wildman–Crippen MR) is 108 cm³/mol. The second-order valence-corrected chi connectivity index (χ2v) is 6.57. The van der Waals surface area contributed by atoms with E-state index in [1.807, 2.05) is 41.5 Å². The lowest BCUT2D eigenvalue weighted by Crippen LogP contribution is -2.10. The summed E-state index contributed by atoms with van der Waals surface area (Å²) in [6, 6.07) is 0. The highest BCUT2D eigenvalue weighted by molar-refractivity contribution is 5.71. The minimum Gasteiger partial charge on any atom is -0.466 e. The zero-order valence-electron chi connectivity index (χ0n) is 18.8. The van der Waals surface area contributed by atoms with Crippen molar-refractivity contribution in [2.45, 2.75) is 87.5 Å². The van der Waals surface area contributed by atoms with Crippen molar-refractivity contribution in [1.82, 2.24) is 0 Å². The molecule has 6 heteroatoms. The van der Waals surface area contributed by atoms with Gasteiger partial charge >= 0.3 is 17.9 Å². The van der Waals surface area contributed by atoms with E-state index >= 15 is 0 Å². The first kappa shape index (κ1) is 30.1. The van der Waals surface area contributed by atoms with Crippen LogP contribution >= 0.6 is 0 Å². The molecule has 0 radical (unpaired) electrons. The van der Waals surface area contributed by atoms with Crippen LogP contribution in [0.5, 0.6) is 0 Å². The summed E-state index contributed by atoms with van der Waals surface area (Å²) in [6.45, 7) is 16.7. The first-order valence-corrected chi connectivity index (χ1v) is 10.1. The second kappa shape index (κ2) is 22.5. The summed E-state index contributed by atoms with van der Waals surface area (Å²) < 4.78 is 14.1. The van der Waals surface area contributed by atoms with Gasteiger partial charge in [0.2, 0.25) is 0 Å². The van der Waals surface area contributed by atoms with Crippen molar-refractivity contribution in [2.75, 3.05) is 19.8 Å². The number of carbonyl (C=O) groups excluding carboxylic acids is 3. The fraction of sp³-hybridized carbons (Fsp3) is 0.857. The number of hydrogen-bond donors (Lipinski definition) is 0. The molecule has 0 aromatic rings. The topological polar surface area (TPSA) is 78.9 Å². The molecule has 0 aromatic carbocycles. The molecule has 6 nitrogen and oxygen atoms in total. The highest BCUT2D eigenvalue weighted by Gasteiger charge is 2.05. The largest absolute Gasteiger partial charge is 0.466 e. The Bertz CT molecular complexity index is 364. The van der Waals surface area contributed by atoms with Gasteiger partial charge in [0.05, 0.1) is 25.7 Å². The third-order valence-corrected chi connectivity index (χ3v) is 2.93. The van der Waals surface area contributed by atoms with Gasteiger partial charge in [-0.1, -0.05) is 47.5 Å². The van der Waals surface area contributed by atoms with Crippen LogP contribution in [-0.4, -0.2) is 37.7 Å². The second-order valence-electron chi connectivity index (χ2n) is 6.57. The number of esters is 3. The molecule has 27 heavy (non-hydrogen) atoms. The van der Waals surface area contributed by atoms with E-state index in [9.17, 15) is 14.4 Å². The van der Waals surface area contributed by atoms with Crippen molar-refractivity contribution >= 4 is 17.9 Å². The van der Waals surface area contributed by atoms with Crippen LogP contribution in [0.15, 0.2) is 0 Å². The molecule has 0 unspecified atom stereocenters. The molecular weight excluding hydrogens is 348 g/mol. The average molecular weight is 391 g/mol. The van der Waals surface area contributed by atoms with Crippen LogP contribution < -0.4 is 0 Å². The molecule has 0 aliphatic rings. The van der Waals surface area contributed by atoms with Crippen molar-refractivity contribution in [2.24, 2.45) is 11.8 Å². The van der Waals surface area contributed by atoms with E-state index < -0.39 is 0 Å². The van der Waals surface area contributed by atoms with Crippen molar-refractivity contribution in [1.29, 1.82) is 0 Å². The lowest BCUT2D eigenvalue weighted by atomic mass is 10.1. The van der Waals surface area contributed by atoms with E-state index in [4.69, 9.17) is 9.47 Å². The molecule has 0 atom stereocenters. The van der Waals surface area contributed by atoms with Crippen LogP contribution in [0.4, 0.5) is 0 Å². The smallest absolute Gasteiger partial charge is 0.308 e. The number of unbranched alkanes of at least 4 members (excludes halogenated alkanes) is 2. The molecule has 0 fully saturated rings. The van der Waals surface area contributed by atoms with Crippen molar-refractivity contribution in [3.8, 4) is 0 Å². The highest BCUT2D eigenvalue weighted by atomic mass is 16.5. The summed E-state index contributed by atoms with van der Waals surface area (Å²) in [5.74, 6) is 0.148. The Kier molecular flexibility index (Phi) is 25.1. The molecule has 0 bridgehead atoms. The molecule has 0 aliphatic carbocycles. The van der Waals surface area contributed by atoms with Gasteiger partial charge in [0.15, 0.2) is 0 Å². The molecule has 162 valence electrons. The Morgan fingerprint density at radius 2 is 1.19 bits per heavy atom.